The molecular formula is C37H55N7O7. The van der Waals surface area contributed by atoms with Crippen molar-refractivity contribution in [2.45, 2.75) is 103 Å². The second-order valence-electron chi connectivity index (χ2n) is 14.4. The van der Waals surface area contributed by atoms with Crippen molar-refractivity contribution in [1.82, 2.24) is 20.2 Å². The van der Waals surface area contributed by atoms with E-state index in [1.807, 2.05) is 27.7 Å². The van der Waals surface area contributed by atoms with Crippen LogP contribution in [0.5, 0.6) is 5.75 Å². The van der Waals surface area contributed by atoms with Crippen molar-refractivity contribution in [1.29, 1.82) is 0 Å². The summed E-state index contributed by atoms with van der Waals surface area (Å²) in [5.74, 6) is 1.45. The number of likely N-dealkylation sites (N-methyl/N-ethyl adjacent to an activating group) is 1. The van der Waals surface area contributed by atoms with Gasteiger partial charge in [0.25, 0.3) is 5.91 Å². The lowest BCUT2D eigenvalue weighted by atomic mass is 10.0. The molecule has 3 heterocycles. The van der Waals surface area contributed by atoms with E-state index in [-0.39, 0.29) is 36.1 Å². The zero-order valence-corrected chi connectivity index (χ0v) is 31.0. The molecule has 14 heteroatoms. The van der Waals surface area contributed by atoms with Gasteiger partial charge in [0.2, 0.25) is 11.9 Å². The number of carbonyl (C=O) groups is 3. The predicted molar refractivity (Wildman–Crippen MR) is 195 cm³/mol. The van der Waals surface area contributed by atoms with Crippen LogP contribution in [0.2, 0.25) is 0 Å². The lowest BCUT2D eigenvalue weighted by molar-refractivity contribution is -0.120. The van der Waals surface area contributed by atoms with Crippen LogP contribution >= 0.6 is 0 Å². The molecule has 2 aliphatic heterocycles. The second kappa shape index (κ2) is 17.4. The van der Waals surface area contributed by atoms with Gasteiger partial charge in [0.1, 0.15) is 23.1 Å². The van der Waals surface area contributed by atoms with Gasteiger partial charge < -0.3 is 44.3 Å². The summed E-state index contributed by atoms with van der Waals surface area (Å²) in [4.78, 5) is 53.4. The van der Waals surface area contributed by atoms with Crippen molar-refractivity contribution in [3.63, 3.8) is 0 Å². The van der Waals surface area contributed by atoms with Crippen LogP contribution in [0, 0.1) is 0 Å². The number of piperidine rings is 1. The minimum atomic E-state index is -0.496. The number of nitrogens with zero attached hydrogens (tertiary/aromatic N) is 5. The number of hydrogen-bond acceptors (Lipinski definition) is 11. The van der Waals surface area contributed by atoms with Gasteiger partial charge in [0, 0.05) is 51.5 Å². The Labute approximate surface area is 301 Å². The number of anilines is 4. The highest BCUT2D eigenvalue weighted by molar-refractivity contribution is 6.04. The molecule has 5 rings (SSSR count). The average molecular weight is 710 g/mol. The van der Waals surface area contributed by atoms with Crippen LogP contribution in [0.1, 0.15) is 89.4 Å². The molecule has 2 aromatic rings. The highest BCUT2D eigenvalue weighted by Gasteiger charge is 2.41. The maximum absolute atomic E-state index is 13.2. The second-order valence-corrected chi connectivity index (χ2v) is 14.4. The number of benzene rings is 1. The fourth-order valence-corrected chi connectivity index (χ4v) is 6.88. The first-order valence-electron chi connectivity index (χ1n) is 18.3. The van der Waals surface area contributed by atoms with Crippen LogP contribution in [0.15, 0.2) is 24.4 Å². The topological polar surface area (TPSA) is 148 Å². The van der Waals surface area contributed by atoms with Gasteiger partial charge in [-0.2, -0.15) is 4.98 Å². The maximum atomic E-state index is 13.2. The van der Waals surface area contributed by atoms with Crippen molar-refractivity contribution < 1.29 is 33.3 Å². The van der Waals surface area contributed by atoms with E-state index in [0.29, 0.717) is 74.5 Å². The first kappa shape index (κ1) is 38.1. The zero-order valence-electron chi connectivity index (χ0n) is 31.0. The summed E-state index contributed by atoms with van der Waals surface area (Å²) in [6.45, 7) is 10.8. The van der Waals surface area contributed by atoms with E-state index in [1.165, 1.54) is 0 Å². The molecule has 1 aliphatic carbocycles. The molecule has 280 valence electrons. The Hall–Kier alpha value is -4.17. The van der Waals surface area contributed by atoms with Crippen LogP contribution in [-0.4, -0.2) is 110 Å². The van der Waals surface area contributed by atoms with Gasteiger partial charge >= 0.3 is 6.09 Å². The number of aromatic nitrogens is 2. The zero-order chi connectivity index (χ0) is 36.5. The van der Waals surface area contributed by atoms with E-state index in [0.717, 1.165) is 50.8 Å². The quantitative estimate of drug-likeness (QED) is 0.247. The Morgan fingerprint density at radius 1 is 1.04 bits per heavy atom. The van der Waals surface area contributed by atoms with Crippen molar-refractivity contribution in [2.75, 3.05) is 68.7 Å². The molecule has 1 saturated carbocycles. The number of hydrogen-bond donors (Lipinski definition) is 2. The fourth-order valence-electron chi connectivity index (χ4n) is 6.88. The number of nitrogens with one attached hydrogen (secondary N) is 2. The van der Waals surface area contributed by atoms with Gasteiger partial charge in [-0.05, 0) is 77.5 Å². The van der Waals surface area contributed by atoms with E-state index in [9.17, 15) is 14.4 Å². The average Bonchev–Trinajstić information content (AvgIpc) is 3.65. The van der Waals surface area contributed by atoms with Gasteiger partial charge in [-0.1, -0.05) is 19.8 Å². The summed E-state index contributed by atoms with van der Waals surface area (Å²) in [5.41, 5.74) is 1.28. The molecule has 3 aliphatic rings. The van der Waals surface area contributed by atoms with E-state index >= 15 is 0 Å². The SMILES string of the molecule is CC[C@@H]1C(=O)N(C)c2cnc(Nc3ccc(C(=O)NCCOCCCOC4CCN(C(=O)OC(C)(C)C)CC4)cc3OC)nc2N1C1CCCC1. The molecule has 1 saturated heterocycles. The Morgan fingerprint density at radius 2 is 1.78 bits per heavy atom. The van der Waals surface area contributed by atoms with E-state index in [1.54, 1.807) is 48.4 Å². The van der Waals surface area contributed by atoms with Crippen LogP contribution < -0.4 is 25.2 Å². The molecule has 0 spiro atoms. The third-order valence-corrected chi connectivity index (χ3v) is 9.53. The van der Waals surface area contributed by atoms with Gasteiger partial charge in [-0.3, -0.25) is 9.59 Å². The molecule has 1 atom stereocenters. The largest absolute Gasteiger partial charge is 0.495 e. The molecule has 0 radical (unpaired) electrons. The van der Waals surface area contributed by atoms with Crippen molar-refractivity contribution in [3.8, 4) is 5.75 Å². The van der Waals surface area contributed by atoms with Crippen molar-refractivity contribution >= 4 is 41.0 Å². The lowest BCUT2D eigenvalue weighted by Crippen LogP contribution is -2.55. The lowest BCUT2D eigenvalue weighted by Gasteiger charge is -2.43. The number of likely N-dealkylation sites (tertiary alicyclic amines) is 1. The Bertz CT molecular complexity index is 1500. The minimum Gasteiger partial charge on any atom is -0.495 e. The highest BCUT2D eigenvalue weighted by atomic mass is 16.6. The van der Waals surface area contributed by atoms with Gasteiger partial charge in [-0.15, -0.1) is 0 Å². The number of ether oxygens (including phenoxy) is 4. The number of amides is 3. The van der Waals surface area contributed by atoms with Crippen LogP contribution in [0.3, 0.4) is 0 Å². The van der Waals surface area contributed by atoms with Crippen LogP contribution in [0.4, 0.5) is 27.9 Å². The van der Waals surface area contributed by atoms with Crippen LogP contribution in [-0.2, 0) is 19.0 Å². The molecule has 2 N–H and O–H groups in total. The summed E-state index contributed by atoms with van der Waals surface area (Å²) >= 11 is 0. The Morgan fingerprint density at radius 3 is 2.47 bits per heavy atom. The summed E-state index contributed by atoms with van der Waals surface area (Å²) in [5, 5.41) is 6.16. The predicted octanol–water partition coefficient (Wildman–Crippen LogP) is 5.29. The summed E-state index contributed by atoms with van der Waals surface area (Å²) in [6.07, 6.45) is 8.94. The fraction of sp³-hybridized carbons (Fsp3) is 0.649. The van der Waals surface area contributed by atoms with Crippen molar-refractivity contribution in [2.24, 2.45) is 0 Å². The van der Waals surface area contributed by atoms with E-state index < -0.39 is 5.60 Å². The first-order valence-corrected chi connectivity index (χ1v) is 18.3. The number of fused-ring (bicyclic) bond motifs is 1. The molecule has 0 bridgehead atoms. The maximum Gasteiger partial charge on any atom is 0.410 e. The van der Waals surface area contributed by atoms with Crippen LogP contribution in [0.25, 0.3) is 0 Å². The van der Waals surface area contributed by atoms with E-state index in [4.69, 9.17) is 23.9 Å². The highest BCUT2D eigenvalue weighted by Crippen LogP contribution is 2.40. The Kier molecular flexibility index (Phi) is 13.0. The molecule has 1 aromatic heterocycles. The summed E-state index contributed by atoms with van der Waals surface area (Å²) in [7, 11) is 3.33. The molecular weight excluding hydrogens is 654 g/mol. The molecule has 0 unspecified atom stereocenters. The third kappa shape index (κ3) is 9.79. The monoisotopic (exact) mass is 709 g/mol. The molecule has 51 heavy (non-hydrogen) atoms. The summed E-state index contributed by atoms with van der Waals surface area (Å²) < 4.78 is 22.8. The Balaban J connectivity index is 1.05. The smallest absolute Gasteiger partial charge is 0.410 e. The van der Waals surface area contributed by atoms with Gasteiger partial charge in [-0.25, -0.2) is 9.78 Å². The standard InChI is InChI=1S/C37H55N7O7/c1-7-29-34(46)42(5)30-24-39-35(41-32(30)44(29)26-11-8-9-12-26)40-28-14-13-25(23-31(28)48-6)33(45)38-17-22-49-20-10-21-50-27-15-18-43(19-16-27)36(47)51-37(2,3)4/h13-14,23-24,26-27,29H,7-12,15-22H2,1-6H3,(H,38,45)(H,39,40,41)/t29-/m1/s1. The third-order valence-electron chi connectivity index (χ3n) is 9.53. The normalized spacial score (nSPS) is 18.5. The number of rotatable bonds is 14. The molecule has 14 nitrogen and oxygen atoms in total. The molecule has 3 amide bonds. The molecule has 1 aromatic carbocycles. The molecule has 2 fully saturated rings. The number of carbonyl (C=O) groups excluding carboxylic acids is 3. The first-order chi connectivity index (χ1) is 24.5. The van der Waals surface area contributed by atoms with Gasteiger partial charge in [0.15, 0.2) is 5.82 Å². The number of methoxy groups -OCH3 is 1. The summed E-state index contributed by atoms with van der Waals surface area (Å²) in [6, 6.07) is 5.19. The van der Waals surface area contributed by atoms with E-state index in [2.05, 4.69) is 20.5 Å². The minimum absolute atomic E-state index is 0.0691. The van der Waals surface area contributed by atoms with Crippen molar-refractivity contribution in [3.05, 3.63) is 30.0 Å². The van der Waals surface area contributed by atoms with Gasteiger partial charge in [0.05, 0.1) is 31.7 Å².